The fraction of sp³-hybridized carbons (Fsp3) is 0.333. The monoisotopic (exact) mass is 282 g/mol. The molecular weight excluding hydrogens is 268 g/mol. The summed E-state index contributed by atoms with van der Waals surface area (Å²) < 4.78 is 25.9. The summed E-state index contributed by atoms with van der Waals surface area (Å²) in [6.45, 7) is -0.185. The van der Waals surface area contributed by atoms with E-state index in [1.807, 2.05) is 12.1 Å². The summed E-state index contributed by atoms with van der Waals surface area (Å²) in [7, 11) is -1.99. The number of rotatable bonds is 5. The average molecular weight is 282 g/mol. The molecule has 6 nitrogen and oxygen atoms in total. The zero-order valence-corrected chi connectivity index (χ0v) is 11.5. The van der Waals surface area contributed by atoms with Crippen molar-refractivity contribution in [3.8, 4) is 11.8 Å². The van der Waals surface area contributed by atoms with Gasteiger partial charge in [-0.25, -0.2) is 4.98 Å². The predicted octanol–water partition coefficient (Wildman–Crippen LogP) is 0.584. The SMILES string of the molecule is CO/N=C/Cc1cccc(C#CCOS(C)(=O)=O)n1. The van der Waals surface area contributed by atoms with E-state index in [9.17, 15) is 8.42 Å². The van der Waals surface area contributed by atoms with Gasteiger partial charge < -0.3 is 4.84 Å². The molecule has 0 aromatic carbocycles. The minimum Gasteiger partial charge on any atom is -0.399 e. The van der Waals surface area contributed by atoms with Gasteiger partial charge in [-0.1, -0.05) is 17.1 Å². The number of oxime groups is 1. The lowest BCUT2D eigenvalue weighted by Gasteiger charge is -1.96. The second-order valence-corrected chi connectivity index (χ2v) is 5.10. The molecule has 102 valence electrons. The first-order valence-corrected chi connectivity index (χ1v) is 7.17. The topological polar surface area (TPSA) is 77.9 Å². The summed E-state index contributed by atoms with van der Waals surface area (Å²) in [6.07, 6.45) is 3.10. The molecule has 0 bridgehead atoms. The van der Waals surface area contributed by atoms with Gasteiger partial charge in [0.25, 0.3) is 10.1 Å². The molecule has 0 unspecified atom stereocenters. The van der Waals surface area contributed by atoms with Crippen LogP contribution >= 0.6 is 0 Å². The molecule has 19 heavy (non-hydrogen) atoms. The molecule has 0 aliphatic rings. The van der Waals surface area contributed by atoms with E-state index in [0.717, 1.165) is 11.9 Å². The highest BCUT2D eigenvalue weighted by Crippen LogP contribution is 1.98. The van der Waals surface area contributed by atoms with Gasteiger partial charge in [0.15, 0.2) is 0 Å². The molecule has 0 aliphatic carbocycles. The normalized spacial score (nSPS) is 11.1. The van der Waals surface area contributed by atoms with Gasteiger partial charge in [0.1, 0.15) is 19.4 Å². The molecule has 0 spiro atoms. The highest BCUT2D eigenvalue weighted by molar-refractivity contribution is 7.85. The van der Waals surface area contributed by atoms with E-state index in [1.165, 1.54) is 7.11 Å². The standard InChI is InChI=1S/C12H14N2O4S/c1-17-13-9-8-12-6-3-5-11(14-12)7-4-10-18-19(2,15)16/h3,5-6,9H,8,10H2,1-2H3/b13-9+. The number of pyridine rings is 1. The molecule has 1 rings (SSSR count). The highest BCUT2D eigenvalue weighted by atomic mass is 32.2. The van der Waals surface area contributed by atoms with Crippen LogP contribution in [0.15, 0.2) is 23.4 Å². The quantitative estimate of drug-likeness (QED) is 0.342. The second-order valence-electron chi connectivity index (χ2n) is 3.46. The zero-order valence-electron chi connectivity index (χ0n) is 10.7. The van der Waals surface area contributed by atoms with Crippen molar-refractivity contribution in [3.63, 3.8) is 0 Å². The Morgan fingerprint density at radius 2 is 2.26 bits per heavy atom. The Morgan fingerprint density at radius 1 is 1.47 bits per heavy atom. The number of nitrogens with zero attached hydrogens (tertiary/aromatic N) is 2. The molecule has 0 saturated heterocycles. The minimum absolute atomic E-state index is 0.185. The molecule has 0 aliphatic heterocycles. The van der Waals surface area contributed by atoms with Crippen molar-refractivity contribution in [3.05, 3.63) is 29.6 Å². The molecular formula is C12H14N2O4S. The molecule has 1 aromatic heterocycles. The number of hydrogen-bond acceptors (Lipinski definition) is 6. The van der Waals surface area contributed by atoms with Crippen LogP contribution in [-0.2, 0) is 25.6 Å². The maximum absolute atomic E-state index is 10.7. The molecule has 0 amide bonds. The summed E-state index contributed by atoms with van der Waals surface area (Å²) in [6, 6.07) is 5.37. The van der Waals surface area contributed by atoms with Gasteiger partial charge in [0, 0.05) is 18.3 Å². The smallest absolute Gasteiger partial charge is 0.265 e. The Labute approximate surface area is 112 Å². The zero-order chi connectivity index (χ0) is 14.1. The molecule has 0 saturated carbocycles. The first-order valence-electron chi connectivity index (χ1n) is 5.35. The maximum atomic E-state index is 10.7. The lowest BCUT2D eigenvalue weighted by molar-refractivity contribution is 0.214. The highest BCUT2D eigenvalue weighted by Gasteiger charge is 1.98. The van der Waals surface area contributed by atoms with Crippen molar-refractivity contribution < 1.29 is 17.4 Å². The molecule has 0 fully saturated rings. The van der Waals surface area contributed by atoms with Crippen LogP contribution in [0, 0.1) is 11.8 Å². The van der Waals surface area contributed by atoms with Crippen LogP contribution in [-0.4, -0.2) is 39.6 Å². The summed E-state index contributed by atoms with van der Waals surface area (Å²) >= 11 is 0. The van der Waals surface area contributed by atoms with Crippen molar-refractivity contribution >= 4 is 16.3 Å². The van der Waals surface area contributed by atoms with Gasteiger partial charge in [-0.05, 0) is 18.1 Å². The van der Waals surface area contributed by atoms with Crippen molar-refractivity contribution in [2.75, 3.05) is 20.0 Å². The van der Waals surface area contributed by atoms with Crippen molar-refractivity contribution in [2.24, 2.45) is 5.16 Å². The molecule has 7 heteroatoms. The van der Waals surface area contributed by atoms with Crippen LogP contribution in [0.1, 0.15) is 11.4 Å². The van der Waals surface area contributed by atoms with Crippen LogP contribution in [0.2, 0.25) is 0 Å². The predicted molar refractivity (Wildman–Crippen MR) is 71.1 cm³/mol. The van der Waals surface area contributed by atoms with E-state index < -0.39 is 10.1 Å². The van der Waals surface area contributed by atoms with Gasteiger partial charge in [-0.2, -0.15) is 8.42 Å². The van der Waals surface area contributed by atoms with Gasteiger partial charge in [-0.3, -0.25) is 4.18 Å². The van der Waals surface area contributed by atoms with E-state index in [-0.39, 0.29) is 6.61 Å². The van der Waals surface area contributed by atoms with Crippen LogP contribution in [0.5, 0.6) is 0 Å². The summed E-state index contributed by atoms with van der Waals surface area (Å²) in [5.74, 6) is 5.30. The summed E-state index contributed by atoms with van der Waals surface area (Å²) in [5, 5.41) is 3.61. The van der Waals surface area contributed by atoms with Crippen molar-refractivity contribution in [1.29, 1.82) is 0 Å². The van der Waals surface area contributed by atoms with Crippen LogP contribution in [0.3, 0.4) is 0 Å². The van der Waals surface area contributed by atoms with Crippen LogP contribution in [0.4, 0.5) is 0 Å². The van der Waals surface area contributed by atoms with Gasteiger partial charge >= 0.3 is 0 Å². The van der Waals surface area contributed by atoms with Crippen LogP contribution in [0.25, 0.3) is 0 Å². The fourth-order valence-corrected chi connectivity index (χ4v) is 1.40. The lowest BCUT2D eigenvalue weighted by atomic mass is 10.2. The largest absolute Gasteiger partial charge is 0.399 e. The Balaban J connectivity index is 2.62. The van der Waals surface area contributed by atoms with E-state index in [2.05, 4.69) is 31.0 Å². The summed E-state index contributed by atoms with van der Waals surface area (Å²) in [4.78, 5) is 8.80. The fourth-order valence-electron chi connectivity index (χ4n) is 1.13. The molecule has 0 radical (unpaired) electrons. The van der Waals surface area contributed by atoms with Gasteiger partial charge in [-0.15, -0.1) is 0 Å². The van der Waals surface area contributed by atoms with Crippen LogP contribution < -0.4 is 0 Å². The Bertz CT molecular complexity index is 600. The lowest BCUT2D eigenvalue weighted by Crippen LogP contribution is -2.02. The molecule has 1 aromatic rings. The Kier molecular flexibility index (Phi) is 5.99. The van der Waals surface area contributed by atoms with Gasteiger partial charge in [0.2, 0.25) is 0 Å². The third-order valence-electron chi connectivity index (χ3n) is 1.85. The second kappa shape index (κ2) is 7.51. The molecule has 1 heterocycles. The Morgan fingerprint density at radius 3 is 2.95 bits per heavy atom. The third kappa shape index (κ3) is 7.18. The van der Waals surface area contributed by atoms with Crippen molar-refractivity contribution in [2.45, 2.75) is 6.42 Å². The number of aromatic nitrogens is 1. The first kappa shape index (κ1) is 15.1. The maximum Gasteiger partial charge on any atom is 0.265 e. The van der Waals surface area contributed by atoms with E-state index in [1.54, 1.807) is 12.3 Å². The van der Waals surface area contributed by atoms with E-state index in [0.29, 0.717) is 12.1 Å². The Hall–Kier alpha value is -1.91. The van der Waals surface area contributed by atoms with E-state index >= 15 is 0 Å². The van der Waals surface area contributed by atoms with E-state index in [4.69, 9.17) is 0 Å². The van der Waals surface area contributed by atoms with Crippen molar-refractivity contribution in [1.82, 2.24) is 4.98 Å². The average Bonchev–Trinajstić information content (AvgIpc) is 2.35. The first-order chi connectivity index (χ1) is 9.01. The van der Waals surface area contributed by atoms with Gasteiger partial charge in [0.05, 0.1) is 6.26 Å². The third-order valence-corrected chi connectivity index (χ3v) is 2.39. The molecule has 0 atom stereocenters. The number of hydrogen-bond donors (Lipinski definition) is 0. The minimum atomic E-state index is -3.46. The molecule has 0 N–H and O–H groups in total. The summed E-state index contributed by atoms with van der Waals surface area (Å²) in [5.41, 5.74) is 1.33.